The van der Waals surface area contributed by atoms with Crippen LogP contribution in [0.1, 0.15) is 28.4 Å². The quantitative estimate of drug-likeness (QED) is 0.775. The third-order valence-corrected chi connectivity index (χ3v) is 2.34. The molecule has 0 saturated carbocycles. The van der Waals surface area contributed by atoms with Gasteiger partial charge in [-0.25, -0.2) is 4.79 Å². The van der Waals surface area contributed by atoms with Gasteiger partial charge in [0.25, 0.3) is 0 Å². The second-order valence-corrected chi connectivity index (χ2v) is 3.31. The van der Waals surface area contributed by atoms with Gasteiger partial charge in [-0.1, -0.05) is 13.0 Å². The Kier molecular flexibility index (Phi) is 4.60. The van der Waals surface area contributed by atoms with Crippen molar-refractivity contribution >= 4 is 5.97 Å². The van der Waals surface area contributed by atoms with Crippen molar-refractivity contribution in [2.45, 2.75) is 20.0 Å². The van der Waals surface area contributed by atoms with Gasteiger partial charge in [0, 0.05) is 0 Å². The van der Waals surface area contributed by atoms with E-state index in [-0.39, 0.29) is 16.9 Å². The molecule has 0 atom stereocenters. The maximum Gasteiger partial charge on any atom is 0.387 e. The molecule has 0 aliphatic heterocycles. The van der Waals surface area contributed by atoms with E-state index in [4.69, 9.17) is 5.26 Å². The van der Waals surface area contributed by atoms with Crippen molar-refractivity contribution in [2.24, 2.45) is 0 Å². The first-order valence-corrected chi connectivity index (χ1v) is 5.14. The highest BCUT2D eigenvalue weighted by molar-refractivity contribution is 5.95. The molecular formula is C12H11F2NO3. The number of aryl methyl sites for hydroxylation is 1. The van der Waals surface area contributed by atoms with Crippen LogP contribution >= 0.6 is 0 Å². The number of nitrogens with zero attached hydrogens (tertiary/aromatic N) is 1. The largest absolute Gasteiger partial charge is 0.465 e. The molecule has 96 valence electrons. The van der Waals surface area contributed by atoms with Crippen molar-refractivity contribution in [3.05, 3.63) is 28.8 Å². The third kappa shape index (κ3) is 2.74. The number of nitriles is 1. The van der Waals surface area contributed by atoms with Crippen LogP contribution in [0, 0.1) is 11.3 Å². The van der Waals surface area contributed by atoms with Crippen LogP contribution in [0.4, 0.5) is 8.78 Å². The number of rotatable bonds is 4. The summed E-state index contributed by atoms with van der Waals surface area (Å²) in [4.78, 5) is 11.6. The lowest BCUT2D eigenvalue weighted by atomic mass is 10.0. The van der Waals surface area contributed by atoms with Crippen LogP contribution in [0.5, 0.6) is 5.75 Å². The summed E-state index contributed by atoms with van der Waals surface area (Å²) in [6, 6.07) is 4.60. The maximum atomic E-state index is 12.4. The lowest BCUT2D eigenvalue weighted by molar-refractivity contribution is -0.0509. The molecule has 1 rings (SSSR count). The smallest absolute Gasteiger partial charge is 0.387 e. The average molecular weight is 255 g/mol. The zero-order valence-corrected chi connectivity index (χ0v) is 9.87. The van der Waals surface area contributed by atoms with Crippen molar-refractivity contribution in [3.63, 3.8) is 0 Å². The molecule has 0 aromatic heterocycles. The first-order chi connectivity index (χ1) is 8.54. The number of carbonyl (C=O) groups excluding carboxylic acids is 1. The van der Waals surface area contributed by atoms with E-state index >= 15 is 0 Å². The number of halogens is 2. The van der Waals surface area contributed by atoms with Gasteiger partial charge in [-0.05, 0) is 18.1 Å². The zero-order chi connectivity index (χ0) is 13.7. The van der Waals surface area contributed by atoms with Gasteiger partial charge in [-0.3, -0.25) is 0 Å². The van der Waals surface area contributed by atoms with Crippen molar-refractivity contribution in [2.75, 3.05) is 7.11 Å². The Bertz CT molecular complexity index is 495. The van der Waals surface area contributed by atoms with Crippen LogP contribution in [0.25, 0.3) is 0 Å². The fraction of sp³-hybridized carbons (Fsp3) is 0.333. The number of alkyl halides is 2. The second-order valence-electron chi connectivity index (χ2n) is 3.31. The standard InChI is InChI=1S/C12H11F2NO3/c1-3-7-4-5-8(6-15)9(11(16)17-2)10(7)18-12(13)14/h4-5,12H,3H2,1-2H3. The molecule has 0 aliphatic carbocycles. The molecule has 0 bridgehead atoms. The summed E-state index contributed by atoms with van der Waals surface area (Å²) < 4.78 is 33.6. The van der Waals surface area contributed by atoms with E-state index in [1.54, 1.807) is 13.0 Å². The summed E-state index contributed by atoms with van der Waals surface area (Å²) in [5.41, 5.74) is 0.0871. The Balaban J connectivity index is 3.48. The summed E-state index contributed by atoms with van der Waals surface area (Å²) in [5, 5.41) is 8.88. The Morgan fingerprint density at radius 3 is 2.61 bits per heavy atom. The van der Waals surface area contributed by atoms with Crippen molar-refractivity contribution in [1.29, 1.82) is 5.26 Å². The van der Waals surface area contributed by atoms with Gasteiger partial charge < -0.3 is 9.47 Å². The summed E-state index contributed by atoms with van der Waals surface area (Å²) in [6.45, 7) is -1.35. The van der Waals surface area contributed by atoms with Crippen LogP contribution in [0.3, 0.4) is 0 Å². The molecule has 1 aromatic carbocycles. The Hall–Kier alpha value is -2.16. The maximum absolute atomic E-state index is 12.4. The van der Waals surface area contributed by atoms with Gasteiger partial charge in [0.1, 0.15) is 17.4 Å². The first-order valence-electron chi connectivity index (χ1n) is 5.14. The highest BCUT2D eigenvalue weighted by Crippen LogP contribution is 2.30. The molecule has 6 heteroatoms. The molecule has 0 heterocycles. The highest BCUT2D eigenvalue weighted by atomic mass is 19.3. The van der Waals surface area contributed by atoms with E-state index in [1.165, 1.54) is 12.1 Å². The lowest BCUT2D eigenvalue weighted by Crippen LogP contribution is -2.13. The van der Waals surface area contributed by atoms with Gasteiger partial charge in [-0.15, -0.1) is 0 Å². The number of hydrogen-bond donors (Lipinski definition) is 0. The van der Waals surface area contributed by atoms with E-state index in [9.17, 15) is 13.6 Å². The number of carbonyl (C=O) groups is 1. The second kappa shape index (κ2) is 5.96. The van der Waals surface area contributed by atoms with Crippen LogP contribution < -0.4 is 4.74 Å². The Labute approximate surface area is 103 Å². The molecule has 0 N–H and O–H groups in total. The van der Waals surface area contributed by atoms with Crippen molar-refractivity contribution < 1.29 is 23.0 Å². The minimum Gasteiger partial charge on any atom is -0.465 e. The predicted octanol–water partition coefficient (Wildman–Crippen LogP) is 2.51. The number of ether oxygens (including phenoxy) is 2. The molecule has 0 aliphatic rings. The number of benzene rings is 1. The van der Waals surface area contributed by atoms with Crippen molar-refractivity contribution in [3.8, 4) is 11.8 Å². The topological polar surface area (TPSA) is 59.3 Å². The highest BCUT2D eigenvalue weighted by Gasteiger charge is 2.23. The fourth-order valence-electron chi connectivity index (χ4n) is 1.53. The average Bonchev–Trinajstić information content (AvgIpc) is 2.36. The summed E-state index contributed by atoms with van der Waals surface area (Å²) in [7, 11) is 1.11. The SMILES string of the molecule is CCc1ccc(C#N)c(C(=O)OC)c1OC(F)F. The first kappa shape index (κ1) is 13.9. The van der Waals surface area contributed by atoms with E-state index in [1.807, 2.05) is 0 Å². The Morgan fingerprint density at radius 2 is 2.17 bits per heavy atom. The van der Waals surface area contributed by atoms with Gasteiger partial charge >= 0.3 is 12.6 Å². The normalized spacial score (nSPS) is 10.0. The number of methoxy groups -OCH3 is 1. The molecule has 18 heavy (non-hydrogen) atoms. The van der Waals surface area contributed by atoms with Gasteiger partial charge in [0.2, 0.25) is 0 Å². The molecule has 0 spiro atoms. The van der Waals surface area contributed by atoms with Crippen LogP contribution in [0.2, 0.25) is 0 Å². The minimum absolute atomic E-state index is 0.0605. The van der Waals surface area contributed by atoms with E-state index in [2.05, 4.69) is 9.47 Å². The molecule has 0 amide bonds. The van der Waals surface area contributed by atoms with Gasteiger partial charge in [0.15, 0.2) is 0 Å². The number of esters is 1. The minimum atomic E-state index is -3.08. The van der Waals surface area contributed by atoms with Crippen LogP contribution in [-0.2, 0) is 11.2 Å². The monoisotopic (exact) mass is 255 g/mol. The predicted molar refractivity (Wildman–Crippen MR) is 58.5 cm³/mol. The van der Waals surface area contributed by atoms with Gasteiger partial charge in [-0.2, -0.15) is 14.0 Å². The van der Waals surface area contributed by atoms with Crippen molar-refractivity contribution in [1.82, 2.24) is 0 Å². The van der Waals surface area contributed by atoms with Gasteiger partial charge in [0.05, 0.1) is 12.7 Å². The van der Waals surface area contributed by atoms with E-state index in [0.717, 1.165) is 7.11 Å². The molecule has 0 unspecified atom stereocenters. The molecular weight excluding hydrogens is 244 g/mol. The molecule has 0 saturated heterocycles. The lowest BCUT2D eigenvalue weighted by Gasteiger charge is -2.14. The molecule has 0 fully saturated rings. The zero-order valence-electron chi connectivity index (χ0n) is 9.87. The third-order valence-electron chi connectivity index (χ3n) is 2.34. The summed E-state index contributed by atoms with van der Waals surface area (Å²) >= 11 is 0. The fourth-order valence-corrected chi connectivity index (χ4v) is 1.53. The molecule has 4 nitrogen and oxygen atoms in total. The molecule has 0 radical (unpaired) electrons. The van der Waals surface area contributed by atoms with Crippen LogP contribution in [-0.4, -0.2) is 19.7 Å². The summed E-state index contributed by atoms with van der Waals surface area (Å²) in [5.74, 6) is -1.17. The molecule has 1 aromatic rings. The number of hydrogen-bond acceptors (Lipinski definition) is 4. The van der Waals surface area contributed by atoms with E-state index in [0.29, 0.717) is 12.0 Å². The van der Waals surface area contributed by atoms with E-state index < -0.39 is 12.6 Å². The summed E-state index contributed by atoms with van der Waals surface area (Å²) in [6.07, 6.45) is 0.387. The van der Waals surface area contributed by atoms with Crippen LogP contribution in [0.15, 0.2) is 12.1 Å². The Morgan fingerprint density at radius 1 is 1.50 bits per heavy atom.